The number of carbonyl (C=O) groups is 1. The van der Waals surface area contributed by atoms with E-state index >= 15 is 0 Å². The second kappa shape index (κ2) is 3.42. The zero-order valence-corrected chi connectivity index (χ0v) is 8.10. The van der Waals surface area contributed by atoms with Crippen molar-refractivity contribution in [1.29, 1.82) is 0 Å². The number of aliphatic hydroxyl groups excluding tert-OH is 1. The van der Waals surface area contributed by atoms with Crippen LogP contribution in [0.2, 0.25) is 0 Å². The zero-order valence-electron chi connectivity index (χ0n) is 8.10. The first-order chi connectivity index (χ1) is 6.68. The SMILES string of the molecule is Cc1ccc(N2CCC(O)C2=O)cc1. The van der Waals surface area contributed by atoms with Crippen LogP contribution in [0.3, 0.4) is 0 Å². The van der Waals surface area contributed by atoms with Crippen LogP contribution < -0.4 is 4.90 Å². The molecule has 14 heavy (non-hydrogen) atoms. The van der Waals surface area contributed by atoms with E-state index in [9.17, 15) is 9.90 Å². The topological polar surface area (TPSA) is 40.5 Å². The van der Waals surface area contributed by atoms with Gasteiger partial charge < -0.3 is 10.0 Å². The predicted molar refractivity (Wildman–Crippen MR) is 54.2 cm³/mol. The fraction of sp³-hybridized carbons (Fsp3) is 0.364. The summed E-state index contributed by atoms with van der Waals surface area (Å²) < 4.78 is 0. The van der Waals surface area contributed by atoms with Crippen molar-refractivity contribution in [2.75, 3.05) is 11.4 Å². The van der Waals surface area contributed by atoms with Gasteiger partial charge in [-0.05, 0) is 19.1 Å². The number of benzene rings is 1. The van der Waals surface area contributed by atoms with E-state index in [0.29, 0.717) is 13.0 Å². The monoisotopic (exact) mass is 191 g/mol. The zero-order chi connectivity index (χ0) is 10.1. The van der Waals surface area contributed by atoms with E-state index in [4.69, 9.17) is 0 Å². The van der Waals surface area contributed by atoms with Gasteiger partial charge in [0.1, 0.15) is 6.10 Å². The lowest BCUT2D eigenvalue weighted by molar-refractivity contribution is -0.123. The predicted octanol–water partition coefficient (Wildman–Crippen LogP) is 1.09. The van der Waals surface area contributed by atoms with Gasteiger partial charge in [0.2, 0.25) is 0 Å². The highest BCUT2D eigenvalue weighted by Gasteiger charge is 2.30. The summed E-state index contributed by atoms with van der Waals surface area (Å²) in [5.74, 6) is -0.186. The van der Waals surface area contributed by atoms with Gasteiger partial charge in [0, 0.05) is 18.7 Å². The lowest BCUT2D eigenvalue weighted by Crippen LogP contribution is -2.28. The molecule has 1 atom stereocenters. The number of hydrogen-bond acceptors (Lipinski definition) is 2. The van der Waals surface area contributed by atoms with E-state index in [1.54, 1.807) is 4.90 Å². The number of aryl methyl sites for hydroxylation is 1. The summed E-state index contributed by atoms with van der Waals surface area (Å²) >= 11 is 0. The number of anilines is 1. The first-order valence-corrected chi connectivity index (χ1v) is 4.74. The third-order valence-electron chi connectivity index (χ3n) is 2.52. The maximum atomic E-state index is 11.5. The number of aliphatic hydroxyl groups is 1. The molecule has 1 saturated heterocycles. The average molecular weight is 191 g/mol. The van der Waals surface area contributed by atoms with Gasteiger partial charge in [-0.2, -0.15) is 0 Å². The Morgan fingerprint density at radius 2 is 2.00 bits per heavy atom. The van der Waals surface area contributed by atoms with Gasteiger partial charge in [-0.25, -0.2) is 0 Å². The molecule has 0 spiro atoms. The molecule has 1 amide bonds. The molecule has 0 bridgehead atoms. The van der Waals surface area contributed by atoms with Crippen LogP contribution in [-0.2, 0) is 4.79 Å². The molecular weight excluding hydrogens is 178 g/mol. The van der Waals surface area contributed by atoms with Crippen molar-refractivity contribution in [3.05, 3.63) is 29.8 Å². The van der Waals surface area contributed by atoms with Crippen molar-refractivity contribution in [3.8, 4) is 0 Å². The van der Waals surface area contributed by atoms with Crippen LogP contribution in [0.5, 0.6) is 0 Å². The number of nitrogens with zero attached hydrogens (tertiary/aromatic N) is 1. The molecule has 1 N–H and O–H groups in total. The van der Waals surface area contributed by atoms with E-state index in [-0.39, 0.29) is 5.91 Å². The summed E-state index contributed by atoms with van der Waals surface area (Å²) in [6.07, 6.45) is -0.275. The Kier molecular flexibility index (Phi) is 2.25. The normalized spacial score (nSPS) is 21.7. The summed E-state index contributed by atoms with van der Waals surface area (Å²) in [6.45, 7) is 2.62. The van der Waals surface area contributed by atoms with Gasteiger partial charge in [0.05, 0.1) is 0 Å². The largest absolute Gasteiger partial charge is 0.383 e. The fourth-order valence-corrected chi connectivity index (χ4v) is 1.65. The Bertz CT molecular complexity index is 345. The van der Waals surface area contributed by atoms with E-state index in [2.05, 4.69) is 0 Å². The van der Waals surface area contributed by atoms with Crippen molar-refractivity contribution >= 4 is 11.6 Å². The fourth-order valence-electron chi connectivity index (χ4n) is 1.65. The minimum Gasteiger partial charge on any atom is -0.383 e. The number of rotatable bonds is 1. The van der Waals surface area contributed by atoms with E-state index < -0.39 is 6.10 Å². The van der Waals surface area contributed by atoms with Crippen LogP contribution >= 0.6 is 0 Å². The molecule has 1 fully saturated rings. The molecule has 1 aromatic rings. The quantitative estimate of drug-likeness (QED) is 0.722. The van der Waals surface area contributed by atoms with Crippen molar-refractivity contribution in [2.45, 2.75) is 19.4 Å². The van der Waals surface area contributed by atoms with E-state index in [1.807, 2.05) is 31.2 Å². The highest BCUT2D eigenvalue weighted by atomic mass is 16.3. The molecule has 0 saturated carbocycles. The summed E-state index contributed by atoms with van der Waals surface area (Å²) in [5.41, 5.74) is 2.04. The van der Waals surface area contributed by atoms with Gasteiger partial charge in [-0.3, -0.25) is 4.79 Å². The minimum atomic E-state index is -0.809. The molecule has 1 aromatic carbocycles. The smallest absolute Gasteiger partial charge is 0.255 e. The van der Waals surface area contributed by atoms with Crippen LogP contribution in [0.1, 0.15) is 12.0 Å². The molecule has 1 unspecified atom stereocenters. The van der Waals surface area contributed by atoms with Crippen molar-refractivity contribution < 1.29 is 9.90 Å². The number of amides is 1. The summed E-state index contributed by atoms with van der Waals surface area (Å²) in [5, 5.41) is 9.29. The standard InChI is InChI=1S/C11H13NO2/c1-8-2-4-9(5-3-8)12-7-6-10(13)11(12)14/h2-5,10,13H,6-7H2,1H3. The highest BCUT2D eigenvalue weighted by Crippen LogP contribution is 2.21. The van der Waals surface area contributed by atoms with Crippen LogP contribution in [0.4, 0.5) is 5.69 Å². The molecule has 3 heteroatoms. The van der Waals surface area contributed by atoms with Crippen LogP contribution in [-0.4, -0.2) is 23.7 Å². The third kappa shape index (κ3) is 1.51. The van der Waals surface area contributed by atoms with Crippen LogP contribution in [0.25, 0.3) is 0 Å². The molecule has 0 radical (unpaired) electrons. The Hall–Kier alpha value is -1.35. The third-order valence-corrected chi connectivity index (χ3v) is 2.52. The highest BCUT2D eigenvalue weighted by molar-refractivity contribution is 5.98. The summed E-state index contributed by atoms with van der Waals surface area (Å²) in [6, 6.07) is 7.75. The molecular formula is C11H13NO2. The van der Waals surface area contributed by atoms with E-state index in [0.717, 1.165) is 5.69 Å². The maximum Gasteiger partial charge on any atom is 0.255 e. The summed E-state index contributed by atoms with van der Waals surface area (Å²) in [7, 11) is 0. The Labute approximate surface area is 83.0 Å². The summed E-state index contributed by atoms with van der Waals surface area (Å²) in [4.78, 5) is 13.1. The molecule has 2 rings (SSSR count). The minimum absolute atomic E-state index is 0.186. The van der Waals surface area contributed by atoms with Gasteiger partial charge in [0.15, 0.2) is 0 Å². The first-order valence-electron chi connectivity index (χ1n) is 4.74. The van der Waals surface area contributed by atoms with Crippen LogP contribution in [0.15, 0.2) is 24.3 Å². The second-order valence-corrected chi connectivity index (χ2v) is 3.63. The molecule has 1 aliphatic heterocycles. The first kappa shape index (κ1) is 9.21. The average Bonchev–Trinajstić information content (AvgIpc) is 2.50. The number of carbonyl (C=O) groups excluding carboxylic acids is 1. The van der Waals surface area contributed by atoms with Gasteiger partial charge in [0.25, 0.3) is 5.91 Å². The van der Waals surface area contributed by atoms with Gasteiger partial charge >= 0.3 is 0 Å². The van der Waals surface area contributed by atoms with E-state index in [1.165, 1.54) is 5.56 Å². The van der Waals surface area contributed by atoms with Crippen molar-refractivity contribution in [3.63, 3.8) is 0 Å². The molecule has 1 aliphatic rings. The van der Waals surface area contributed by atoms with Gasteiger partial charge in [-0.1, -0.05) is 17.7 Å². The lowest BCUT2D eigenvalue weighted by Gasteiger charge is -2.15. The Morgan fingerprint density at radius 1 is 1.36 bits per heavy atom. The van der Waals surface area contributed by atoms with Crippen molar-refractivity contribution in [1.82, 2.24) is 0 Å². The van der Waals surface area contributed by atoms with Crippen LogP contribution in [0, 0.1) is 6.92 Å². The molecule has 0 aliphatic carbocycles. The Balaban J connectivity index is 2.24. The molecule has 3 nitrogen and oxygen atoms in total. The second-order valence-electron chi connectivity index (χ2n) is 3.63. The number of hydrogen-bond donors (Lipinski definition) is 1. The molecule has 1 heterocycles. The lowest BCUT2D eigenvalue weighted by atomic mass is 10.2. The Morgan fingerprint density at radius 3 is 2.50 bits per heavy atom. The van der Waals surface area contributed by atoms with Gasteiger partial charge in [-0.15, -0.1) is 0 Å². The maximum absolute atomic E-state index is 11.5. The molecule has 74 valence electrons. The molecule has 0 aromatic heterocycles. The van der Waals surface area contributed by atoms with Crippen molar-refractivity contribution in [2.24, 2.45) is 0 Å².